The van der Waals surface area contributed by atoms with Gasteiger partial charge >= 0.3 is 5.97 Å². The van der Waals surface area contributed by atoms with E-state index in [4.69, 9.17) is 21.1 Å². The lowest BCUT2D eigenvalue weighted by Gasteiger charge is -2.12. The molecular formula is C24H15ClINO5S. The molecule has 4 rings (SSSR count). The minimum atomic E-state index is -0.506. The largest absolute Gasteiger partial charge is 0.493 e. The fraction of sp³-hybridized carbons (Fsp3) is 0.0417. The van der Waals surface area contributed by atoms with Crippen LogP contribution in [-0.4, -0.2) is 24.2 Å². The highest BCUT2D eigenvalue weighted by Crippen LogP contribution is 2.37. The summed E-state index contributed by atoms with van der Waals surface area (Å²) < 4.78 is 11.7. The van der Waals surface area contributed by atoms with Crippen LogP contribution in [0, 0.1) is 3.57 Å². The molecule has 0 saturated carbocycles. The van der Waals surface area contributed by atoms with Gasteiger partial charge < -0.3 is 9.47 Å². The number of imide groups is 1. The van der Waals surface area contributed by atoms with Crippen molar-refractivity contribution in [3.05, 3.63) is 91.4 Å². The number of carbonyl (C=O) groups is 3. The van der Waals surface area contributed by atoms with Gasteiger partial charge in [0.1, 0.15) is 0 Å². The molecule has 0 N–H and O–H groups in total. The van der Waals surface area contributed by atoms with E-state index in [1.54, 1.807) is 60.7 Å². The Morgan fingerprint density at radius 1 is 1.03 bits per heavy atom. The Balaban J connectivity index is 1.58. The maximum absolute atomic E-state index is 12.9. The van der Waals surface area contributed by atoms with Crippen molar-refractivity contribution >= 4 is 74.8 Å². The zero-order valence-electron chi connectivity index (χ0n) is 17.1. The predicted molar refractivity (Wildman–Crippen MR) is 137 cm³/mol. The van der Waals surface area contributed by atoms with Crippen molar-refractivity contribution in [3.63, 3.8) is 0 Å². The van der Waals surface area contributed by atoms with E-state index in [0.29, 0.717) is 27.6 Å². The van der Waals surface area contributed by atoms with Crippen molar-refractivity contribution in [2.45, 2.75) is 0 Å². The highest BCUT2D eigenvalue weighted by atomic mass is 127. The lowest BCUT2D eigenvalue weighted by molar-refractivity contribution is -0.113. The molecule has 2 amide bonds. The fourth-order valence-corrected chi connectivity index (χ4v) is 4.73. The van der Waals surface area contributed by atoms with Gasteiger partial charge in [0.2, 0.25) is 0 Å². The molecule has 3 aromatic rings. The van der Waals surface area contributed by atoms with E-state index >= 15 is 0 Å². The molecule has 1 heterocycles. The number of carbonyl (C=O) groups excluding carboxylic acids is 3. The number of hydrogen-bond acceptors (Lipinski definition) is 6. The molecule has 1 aliphatic rings. The summed E-state index contributed by atoms with van der Waals surface area (Å²) in [5.41, 5.74) is 1.46. The number of anilines is 1. The molecule has 0 aliphatic carbocycles. The first kappa shape index (κ1) is 23.3. The van der Waals surface area contributed by atoms with Crippen LogP contribution >= 0.6 is 46.0 Å². The molecule has 0 aromatic heterocycles. The Hall–Kier alpha value is -2.82. The summed E-state index contributed by atoms with van der Waals surface area (Å²) in [5.74, 6) is -0.391. The van der Waals surface area contributed by atoms with Crippen molar-refractivity contribution in [2.75, 3.05) is 12.0 Å². The average molecular weight is 592 g/mol. The van der Waals surface area contributed by atoms with E-state index < -0.39 is 17.1 Å². The van der Waals surface area contributed by atoms with E-state index in [-0.39, 0.29) is 10.7 Å². The van der Waals surface area contributed by atoms with E-state index in [2.05, 4.69) is 22.6 Å². The molecule has 166 valence electrons. The third-order valence-electron chi connectivity index (χ3n) is 4.64. The molecule has 1 saturated heterocycles. The van der Waals surface area contributed by atoms with E-state index in [1.165, 1.54) is 7.11 Å². The Labute approximate surface area is 212 Å². The van der Waals surface area contributed by atoms with Crippen LogP contribution in [0.5, 0.6) is 11.5 Å². The minimum Gasteiger partial charge on any atom is -0.493 e. The second-order valence-corrected chi connectivity index (χ2v) is 9.37. The quantitative estimate of drug-likeness (QED) is 0.148. The Morgan fingerprint density at radius 3 is 2.55 bits per heavy atom. The highest BCUT2D eigenvalue weighted by Gasteiger charge is 2.36. The first-order valence-electron chi connectivity index (χ1n) is 9.55. The molecular weight excluding hydrogens is 577 g/mol. The molecule has 0 bridgehead atoms. The van der Waals surface area contributed by atoms with Gasteiger partial charge in [0, 0.05) is 8.59 Å². The van der Waals surface area contributed by atoms with Gasteiger partial charge in [0.05, 0.1) is 23.3 Å². The Bertz CT molecular complexity index is 1310. The minimum absolute atomic E-state index is 0.242. The summed E-state index contributed by atoms with van der Waals surface area (Å²) in [6.45, 7) is 0. The van der Waals surface area contributed by atoms with E-state index in [1.807, 2.05) is 12.1 Å². The standard InChI is InChI=1S/C24H15ClINO5S/c1-31-20-11-14(9-10-19(20)32-23(29)17-7-2-3-8-18(17)26)12-21-22(28)27(24(30)33-21)16-6-4-5-15(25)13-16/h2-13H,1H3/b21-12-. The second-order valence-electron chi connectivity index (χ2n) is 6.78. The van der Waals surface area contributed by atoms with Crippen molar-refractivity contribution in [1.29, 1.82) is 0 Å². The van der Waals surface area contributed by atoms with Crippen LogP contribution in [0.4, 0.5) is 10.5 Å². The van der Waals surface area contributed by atoms with Crippen LogP contribution in [0.15, 0.2) is 71.6 Å². The molecule has 3 aromatic carbocycles. The normalized spacial score (nSPS) is 14.6. The molecule has 33 heavy (non-hydrogen) atoms. The Kier molecular flexibility index (Phi) is 7.06. The zero-order valence-corrected chi connectivity index (χ0v) is 20.8. The van der Waals surface area contributed by atoms with Crippen LogP contribution in [-0.2, 0) is 4.79 Å². The summed E-state index contributed by atoms with van der Waals surface area (Å²) in [5, 5.41) is 0.0130. The number of rotatable bonds is 5. The molecule has 0 unspecified atom stereocenters. The number of benzene rings is 3. The fourth-order valence-electron chi connectivity index (χ4n) is 3.10. The third-order valence-corrected chi connectivity index (χ3v) is 6.69. The number of esters is 1. The number of amides is 2. The van der Waals surface area contributed by atoms with Gasteiger partial charge in [0.15, 0.2) is 11.5 Å². The third kappa shape index (κ3) is 5.07. The summed E-state index contributed by atoms with van der Waals surface area (Å²) in [6.07, 6.45) is 1.59. The van der Waals surface area contributed by atoms with Gasteiger partial charge in [-0.25, -0.2) is 9.69 Å². The number of nitrogens with zero attached hydrogens (tertiary/aromatic N) is 1. The van der Waals surface area contributed by atoms with Crippen LogP contribution in [0.25, 0.3) is 6.08 Å². The number of hydrogen-bond donors (Lipinski definition) is 0. The van der Waals surface area contributed by atoms with Crippen molar-refractivity contribution < 1.29 is 23.9 Å². The number of ether oxygens (including phenoxy) is 2. The summed E-state index contributed by atoms with van der Waals surface area (Å²) in [6, 6.07) is 18.5. The molecule has 9 heteroatoms. The van der Waals surface area contributed by atoms with Gasteiger partial charge in [-0.2, -0.15) is 0 Å². The monoisotopic (exact) mass is 591 g/mol. The first-order chi connectivity index (χ1) is 15.9. The van der Waals surface area contributed by atoms with Gasteiger partial charge in [-0.1, -0.05) is 35.9 Å². The van der Waals surface area contributed by atoms with Crippen LogP contribution in [0.2, 0.25) is 5.02 Å². The van der Waals surface area contributed by atoms with Crippen molar-refractivity contribution in [1.82, 2.24) is 0 Å². The molecule has 0 atom stereocenters. The predicted octanol–water partition coefficient (Wildman–Crippen LogP) is 6.41. The number of thioether (sulfide) groups is 1. The lowest BCUT2D eigenvalue weighted by atomic mass is 10.1. The van der Waals surface area contributed by atoms with Gasteiger partial charge in [0.25, 0.3) is 11.1 Å². The summed E-state index contributed by atoms with van der Waals surface area (Å²) in [7, 11) is 1.45. The maximum atomic E-state index is 12.9. The van der Waals surface area contributed by atoms with Gasteiger partial charge in [-0.15, -0.1) is 0 Å². The van der Waals surface area contributed by atoms with Gasteiger partial charge in [-0.3, -0.25) is 9.59 Å². The lowest BCUT2D eigenvalue weighted by Crippen LogP contribution is -2.27. The van der Waals surface area contributed by atoms with Crippen LogP contribution < -0.4 is 14.4 Å². The van der Waals surface area contributed by atoms with Crippen LogP contribution in [0.1, 0.15) is 15.9 Å². The first-order valence-corrected chi connectivity index (χ1v) is 11.8. The van der Waals surface area contributed by atoms with E-state index in [9.17, 15) is 14.4 Å². The molecule has 6 nitrogen and oxygen atoms in total. The number of halogens is 2. The SMILES string of the molecule is COc1cc(/C=C2\SC(=O)N(c3cccc(Cl)c3)C2=O)ccc1OC(=O)c1ccccc1I. The average Bonchev–Trinajstić information content (AvgIpc) is 3.07. The summed E-state index contributed by atoms with van der Waals surface area (Å²) in [4.78, 5) is 39.2. The van der Waals surface area contributed by atoms with Crippen molar-refractivity contribution in [2.24, 2.45) is 0 Å². The zero-order chi connectivity index (χ0) is 23.5. The second kappa shape index (κ2) is 9.98. The van der Waals surface area contributed by atoms with Gasteiger partial charge in [-0.05, 0) is 88.5 Å². The molecule has 1 aliphatic heterocycles. The topological polar surface area (TPSA) is 72.9 Å². The highest BCUT2D eigenvalue weighted by molar-refractivity contribution is 14.1. The van der Waals surface area contributed by atoms with E-state index in [0.717, 1.165) is 20.2 Å². The van der Waals surface area contributed by atoms with Crippen LogP contribution in [0.3, 0.4) is 0 Å². The number of methoxy groups -OCH3 is 1. The molecule has 0 spiro atoms. The molecule has 0 radical (unpaired) electrons. The smallest absolute Gasteiger partial charge is 0.344 e. The van der Waals surface area contributed by atoms with Crippen molar-refractivity contribution in [3.8, 4) is 11.5 Å². The Morgan fingerprint density at radius 2 is 1.82 bits per heavy atom. The molecule has 1 fully saturated rings. The maximum Gasteiger partial charge on any atom is 0.344 e. The summed E-state index contributed by atoms with van der Waals surface area (Å²) >= 11 is 8.90.